The van der Waals surface area contributed by atoms with Gasteiger partial charge in [0.1, 0.15) is 0 Å². The minimum atomic E-state index is 1.21. The molecule has 0 spiro atoms. The highest BCUT2D eigenvalue weighted by molar-refractivity contribution is 6.27. The van der Waals surface area contributed by atoms with Gasteiger partial charge in [-0.25, -0.2) is 0 Å². The second kappa shape index (κ2) is 29.9. The van der Waals surface area contributed by atoms with Crippen LogP contribution in [0.1, 0.15) is 0 Å². The molecule has 0 heteroatoms. The summed E-state index contributed by atoms with van der Waals surface area (Å²) in [6.07, 6.45) is 0. The molecule has 0 aliphatic heterocycles. The number of fused-ring (bicyclic) bond motifs is 8. The topological polar surface area (TPSA) is 0 Å². The Morgan fingerprint density at radius 2 is 0.233 bits per heavy atom. The maximum atomic E-state index is 2.35. The minimum absolute atomic E-state index is 1.21. The second-order valence-corrected chi connectivity index (χ2v) is 30.2. The highest BCUT2D eigenvalue weighted by Gasteiger charge is 2.25. The molecule has 0 aromatic heterocycles. The van der Waals surface area contributed by atoms with Gasteiger partial charge in [-0.05, 0) is 232 Å². The van der Waals surface area contributed by atoms with E-state index in [0.717, 1.165) is 0 Å². The van der Waals surface area contributed by atoms with Gasteiger partial charge < -0.3 is 0 Å². The lowest BCUT2D eigenvalue weighted by Gasteiger charge is -2.21. The molecule has 0 heterocycles. The Kier molecular flexibility index (Phi) is 17.7. The lowest BCUT2D eigenvalue weighted by atomic mass is 9.82. The average molecular weight is 1470 g/mol. The molecular formula is C116H76. The van der Waals surface area contributed by atoms with Gasteiger partial charge in [-0.2, -0.15) is 0 Å². The van der Waals surface area contributed by atoms with Crippen LogP contribution in [0.3, 0.4) is 0 Å². The van der Waals surface area contributed by atoms with Crippen LogP contribution >= 0.6 is 0 Å². The van der Waals surface area contributed by atoms with Gasteiger partial charge in [-0.15, -0.1) is 0 Å². The van der Waals surface area contributed by atoms with Crippen LogP contribution < -0.4 is 0 Å². The summed E-state index contributed by atoms with van der Waals surface area (Å²) in [5, 5.41) is 20.1. The number of hydrogen-bond donors (Lipinski definition) is 0. The molecular weight excluding hydrogens is 1390 g/mol. The monoisotopic (exact) mass is 1470 g/mol. The van der Waals surface area contributed by atoms with Crippen molar-refractivity contribution in [2.24, 2.45) is 0 Å². The lowest BCUT2D eigenvalue weighted by Crippen LogP contribution is -1.93. The third-order valence-electron chi connectivity index (χ3n) is 23.7. The molecule has 0 fully saturated rings. The van der Waals surface area contributed by atoms with Crippen LogP contribution in [0, 0.1) is 0 Å². The van der Waals surface area contributed by atoms with Gasteiger partial charge in [0.2, 0.25) is 0 Å². The van der Waals surface area contributed by atoms with Crippen molar-refractivity contribution in [2.45, 2.75) is 0 Å². The number of rotatable bonds is 12. The fourth-order valence-electron chi connectivity index (χ4n) is 18.7. The van der Waals surface area contributed by atoms with Crippen LogP contribution in [0.25, 0.3) is 220 Å². The molecule has 0 saturated carbocycles. The summed E-state index contributed by atoms with van der Waals surface area (Å²) in [4.78, 5) is 0. The molecule has 0 aliphatic carbocycles. The standard InChI is InChI=1S/2C58H38/c1-3-17-39(18-4-1)43-21-15-23-45(37-43)57-51-29-11-7-25-47(51)55(48-26-8-12-30-52(48)57)41-33-35-42(36-34-41)56-49-27-9-13-31-53(49)58(54-32-14-10-28-50(54)56)46-24-16-22-44(38-46)40-19-5-2-6-20-40;1-3-19-39(20-4-1)43-23-7-9-25-45(43)57-51-31-15-11-27-47(51)55(48-28-12-16-32-52(48)57)41-35-37-42(38-36-41)56-49-29-13-17-33-53(49)58(54-34-18-14-30-50(54)56)46-26-10-8-24-44(46)40-21-5-2-6-22-40/h2*1-38H. The molecule has 0 nitrogen and oxygen atoms in total. The zero-order valence-corrected chi connectivity index (χ0v) is 63.9. The van der Waals surface area contributed by atoms with E-state index in [4.69, 9.17) is 0 Å². The van der Waals surface area contributed by atoms with E-state index in [1.54, 1.807) is 0 Å². The predicted molar refractivity (Wildman–Crippen MR) is 498 cm³/mol. The van der Waals surface area contributed by atoms with E-state index < -0.39 is 0 Å². The maximum Gasteiger partial charge on any atom is -0.00201 e. The first-order valence-corrected chi connectivity index (χ1v) is 40.2. The van der Waals surface area contributed by atoms with E-state index >= 15 is 0 Å². The van der Waals surface area contributed by atoms with Crippen LogP contribution in [0.15, 0.2) is 461 Å². The summed E-state index contributed by atoms with van der Waals surface area (Å²) >= 11 is 0. The molecule has 0 saturated heterocycles. The average Bonchev–Trinajstić information content (AvgIpc) is 0.701. The zero-order chi connectivity index (χ0) is 76.8. The molecule has 0 bridgehead atoms. The Bertz CT molecular complexity index is 6830. The molecule has 22 aromatic rings. The van der Waals surface area contributed by atoms with Gasteiger partial charge in [0.25, 0.3) is 0 Å². The summed E-state index contributed by atoms with van der Waals surface area (Å²) in [6, 6.07) is 169. The van der Waals surface area contributed by atoms with Gasteiger partial charge in [-0.1, -0.05) is 449 Å². The molecule has 22 rings (SSSR count). The van der Waals surface area contributed by atoms with E-state index in [2.05, 4.69) is 461 Å². The molecule has 0 atom stereocenters. The third kappa shape index (κ3) is 12.2. The first-order chi connectivity index (χ1) is 57.6. The smallest absolute Gasteiger partial charge is 0.00201 e. The highest BCUT2D eigenvalue weighted by Crippen LogP contribution is 2.52. The Labute approximate surface area is 676 Å². The van der Waals surface area contributed by atoms with Gasteiger partial charge in [0.15, 0.2) is 0 Å². The Balaban J connectivity index is 0.000000145. The molecule has 0 radical (unpaired) electrons. The second-order valence-electron chi connectivity index (χ2n) is 30.2. The molecule has 540 valence electrons. The van der Waals surface area contributed by atoms with Crippen LogP contribution in [0.2, 0.25) is 0 Å². The van der Waals surface area contributed by atoms with Crippen molar-refractivity contribution in [1.82, 2.24) is 0 Å². The zero-order valence-electron chi connectivity index (χ0n) is 63.9. The summed E-state index contributed by atoms with van der Waals surface area (Å²) in [5.74, 6) is 0. The normalized spacial score (nSPS) is 11.4. The Morgan fingerprint density at radius 3 is 0.457 bits per heavy atom. The molecule has 0 aliphatic rings. The third-order valence-corrected chi connectivity index (χ3v) is 23.7. The number of hydrogen-bond acceptors (Lipinski definition) is 0. The molecule has 0 amide bonds. The fraction of sp³-hybridized carbons (Fsp3) is 0. The first-order valence-electron chi connectivity index (χ1n) is 40.2. The summed E-state index contributed by atoms with van der Waals surface area (Å²) in [5.41, 5.74) is 29.8. The van der Waals surface area contributed by atoms with E-state index in [1.807, 2.05) is 0 Å². The maximum absolute atomic E-state index is 2.35. The lowest BCUT2D eigenvalue weighted by molar-refractivity contribution is 1.60. The van der Waals surface area contributed by atoms with Crippen LogP contribution in [-0.2, 0) is 0 Å². The van der Waals surface area contributed by atoms with Crippen molar-refractivity contribution in [3.05, 3.63) is 461 Å². The summed E-state index contributed by atoms with van der Waals surface area (Å²) in [7, 11) is 0. The predicted octanol–water partition coefficient (Wildman–Crippen LogP) is 32.6. The van der Waals surface area contributed by atoms with Crippen molar-refractivity contribution in [3.63, 3.8) is 0 Å². The van der Waals surface area contributed by atoms with Gasteiger partial charge in [0.05, 0.1) is 0 Å². The van der Waals surface area contributed by atoms with Gasteiger partial charge in [0, 0.05) is 0 Å². The SMILES string of the molecule is c1ccc(-c2cccc(-c3c4ccccc4c(-c4ccc(-c5c6ccccc6c(-c6cccc(-c7ccccc7)c6)c6ccccc56)cc4)c4ccccc34)c2)cc1.c1ccc(-c2ccccc2-c2c3ccccc3c(-c3ccc(-c4c5ccccc5c(-c5ccccc5-c5ccccc5)c5ccccc45)cc3)c3ccccc23)cc1. The Hall–Kier alpha value is -15.1. The van der Waals surface area contributed by atoms with Crippen LogP contribution in [-0.4, -0.2) is 0 Å². The summed E-state index contributed by atoms with van der Waals surface area (Å²) < 4.78 is 0. The van der Waals surface area contributed by atoms with Gasteiger partial charge in [-0.3, -0.25) is 0 Å². The number of benzene rings is 22. The van der Waals surface area contributed by atoms with Crippen molar-refractivity contribution in [2.75, 3.05) is 0 Å². The molecule has 22 aromatic carbocycles. The van der Waals surface area contributed by atoms with Crippen molar-refractivity contribution >= 4 is 86.2 Å². The van der Waals surface area contributed by atoms with Crippen LogP contribution in [0.5, 0.6) is 0 Å². The summed E-state index contributed by atoms with van der Waals surface area (Å²) in [6.45, 7) is 0. The molecule has 0 unspecified atom stereocenters. The largest absolute Gasteiger partial charge is 0.0622 e. The van der Waals surface area contributed by atoms with E-state index in [9.17, 15) is 0 Å². The molecule has 116 heavy (non-hydrogen) atoms. The van der Waals surface area contributed by atoms with E-state index in [-0.39, 0.29) is 0 Å². The minimum Gasteiger partial charge on any atom is -0.0622 e. The van der Waals surface area contributed by atoms with Crippen molar-refractivity contribution < 1.29 is 0 Å². The van der Waals surface area contributed by atoms with E-state index in [0.29, 0.717) is 0 Å². The quantitative estimate of drug-likeness (QED) is 0.107. The first kappa shape index (κ1) is 68.9. The molecule has 0 N–H and O–H groups in total. The highest BCUT2D eigenvalue weighted by atomic mass is 14.3. The van der Waals surface area contributed by atoms with Crippen molar-refractivity contribution in [3.8, 4) is 134 Å². The Morgan fingerprint density at radius 1 is 0.0776 bits per heavy atom. The van der Waals surface area contributed by atoms with Crippen molar-refractivity contribution in [1.29, 1.82) is 0 Å². The van der Waals surface area contributed by atoms with Crippen LogP contribution in [0.4, 0.5) is 0 Å². The van der Waals surface area contributed by atoms with Gasteiger partial charge >= 0.3 is 0 Å². The fourth-order valence-corrected chi connectivity index (χ4v) is 18.7. The van der Waals surface area contributed by atoms with E-state index in [1.165, 1.54) is 220 Å².